The summed E-state index contributed by atoms with van der Waals surface area (Å²) < 4.78 is 11.2. The van der Waals surface area contributed by atoms with Crippen LogP contribution < -0.4 is 14.8 Å². The highest BCUT2D eigenvalue weighted by Crippen LogP contribution is 2.37. The van der Waals surface area contributed by atoms with Crippen molar-refractivity contribution in [3.05, 3.63) is 87.9 Å². The maximum absolute atomic E-state index is 12.6. The molecule has 0 aliphatic carbocycles. The number of hydrogen-bond acceptors (Lipinski definition) is 3. The molecular weight excluding hydrogens is 385 g/mol. The number of carbonyl (C=O) groups excluding carboxylic acids is 1. The second-order valence-corrected chi connectivity index (χ2v) is 6.57. The van der Waals surface area contributed by atoms with Gasteiger partial charge in [-0.25, -0.2) is 0 Å². The minimum Gasteiger partial charge on any atom is -0.491 e. The lowest BCUT2D eigenvalue weighted by molar-refractivity contribution is 0.102. The molecule has 0 bridgehead atoms. The van der Waals surface area contributed by atoms with E-state index < -0.39 is 0 Å². The van der Waals surface area contributed by atoms with Gasteiger partial charge in [-0.1, -0.05) is 53.5 Å². The summed E-state index contributed by atoms with van der Waals surface area (Å²) in [6, 6.07) is 19.7. The standard InChI is InChI=1S/C21H17Cl2NO3/c1-26-20-18(23)11-15(21(25)24-17-9-7-16(22)8-10-17)12-19(20)27-13-14-5-3-2-4-6-14/h2-12H,13H2,1H3,(H,24,25). The molecule has 0 aliphatic rings. The Hall–Kier alpha value is -2.69. The third kappa shape index (κ3) is 4.94. The number of halogens is 2. The summed E-state index contributed by atoms with van der Waals surface area (Å²) in [7, 11) is 1.50. The predicted octanol–water partition coefficient (Wildman–Crippen LogP) is 5.83. The van der Waals surface area contributed by atoms with Gasteiger partial charge in [-0.3, -0.25) is 4.79 Å². The van der Waals surface area contributed by atoms with Gasteiger partial charge in [0.25, 0.3) is 5.91 Å². The number of nitrogens with one attached hydrogen (secondary N) is 1. The molecule has 0 radical (unpaired) electrons. The molecule has 3 aromatic carbocycles. The molecule has 6 heteroatoms. The first kappa shape index (κ1) is 19.1. The first-order chi connectivity index (χ1) is 13.1. The minimum absolute atomic E-state index is 0.296. The molecule has 27 heavy (non-hydrogen) atoms. The second kappa shape index (κ2) is 8.80. The number of anilines is 1. The minimum atomic E-state index is -0.313. The normalized spacial score (nSPS) is 10.3. The Morgan fingerprint density at radius 1 is 1.00 bits per heavy atom. The van der Waals surface area contributed by atoms with E-state index in [1.807, 2.05) is 30.3 Å². The lowest BCUT2D eigenvalue weighted by Crippen LogP contribution is -2.12. The van der Waals surface area contributed by atoms with Crippen LogP contribution in [-0.4, -0.2) is 13.0 Å². The largest absolute Gasteiger partial charge is 0.491 e. The van der Waals surface area contributed by atoms with E-state index in [0.717, 1.165) is 5.56 Å². The fourth-order valence-corrected chi connectivity index (χ4v) is 2.89. The van der Waals surface area contributed by atoms with Gasteiger partial charge >= 0.3 is 0 Å². The van der Waals surface area contributed by atoms with E-state index >= 15 is 0 Å². The van der Waals surface area contributed by atoms with Crippen molar-refractivity contribution in [1.29, 1.82) is 0 Å². The van der Waals surface area contributed by atoms with Gasteiger partial charge in [-0.15, -0.1) is 0 Å². The second-order valence-electron chi connectivity index (χ2n) is 5.72. The van der Waals surface area contributed by atoms with Crippen LogP contribution in [0.3, 0.4) is 0 Å². The molecule has 0 unspecified atom stereocenters. The zero-order valence-electron chi connectivity index (χ0n) is 14.5. The maximum atomic E-state index is 12.6. The van der Waals surface area contributed by atoms with Gasteiger partial charge in [-0.2, -0.15) is 0 Å². The number of ether oxygens (including phenoxy) is 2. The number of carbonyl (C=O) groups is 1. The summed E-state index contributed by atoms with van der Waals surface area (Å²) in [5.74, 6) is 0.470. The molecule has 3 rings (SSSR count). The number of amides is 1. The summed E-state index contributed by atoms with van der Waals surface area (Å²) in [6.45, 7) is 0.329. The molecule has 3 aromatic rings. The third-order valence-electron chi connectivity index (χ3n) is 3.82. The number of rotatable bonds is 6. The van der Waals surface area contributed by atoms with Crippen molar-refractivity contribution >= 4 is 34.8 Å². The Bertz CT molecular complexity index is 928. The smallest absolute Gasteiger partial charge is 0.255 e. The Balaban J connectivity index is 1.82. The van der Waals surface area contributed by atoms with Crippen LogP contribution in [0.4, 0.5) is 5.69 Å². The average Bonchev–Trinajstić information content (AvgIpc) is 2.68. The molecule has 1 N–H and O–H groups in total. The summed E-state index contributed by atoms with van der Waals surface area (Å²) in [4.78, 5) is 12.6. The van der Waals surface area contributed by atoms with E-state index in [-0.39, 0.29) is 5.91 Å². The van der Waals surface area contributed by atoms with Gasteiger partial charge in [0.1, 0.15) is 6.61 Å². The average molecular weight is 402 g/mol. The van der Waals surface area contributed by atoms with Crippen LogP contribution in [0, 0.1) is 0 Å². The molecule has 4 nitrogen and oxygen atoms in total. The van der Waals surface area contributed by atoms with Crippen molar-refractivity contribution in [2.45, 2.75) is 6.61 Å². The summed E-state index contributed by atoms with van der Waals surface area (Å²) in [5, 5.41) is 3.69. The molecule has 0 aliphatic heterocycles. The van der Waals surface area contributed by atoms with Crippen molar-refractivity contribution in [3.63, 3.8) is 0 Å². The molecule has 1 amide bonds. The molecule has 138 valence electrons. The lowest BCUT2D eigenvalue weighted by atomic mass is 10.1. The zero-order chi connectivity index (χ0) is 19.2. The first-order valence-electron chi connectivity index (χ1n) is 8.18. The summed E-state index contributed by atoms with van der Waals surface area (Å²) in [5.41, 5.74) is 1.98. The fourth-order valence-electron chi connectivity index (χ4n) is 2.48. The van der Waals surface area contributed by atoms with E-state index in [1.54, 1.807) is 36.4 Å². The quantitative estimate of drug-likeness (QED) is 0.564. The SMILES string of the molecule is COc1c(Cl)cc(C(=O)Nc2ccc(Cl)cc2)cc1OCc1ccccc1. The monoisotopic (exact) mass is 401 g/mol. The van der Waals surface area contributed by atoms with E-state index in [9.17, 15) is 4.79 Å². The van der Waals surface area contributed by atoms with Crippen LogP contribution in [0.2, 0.25) is 10.0 Å². The summed E-state index contributed by atoms with van der Waals surface area (Å²) in [6.07, 6.45) is 0. The molecule has 0 spiro atoms. The van der Waals surface area contributed by atoms with Gasteiger partial charge < -0.3 is 14.8 Å². The highest BCUT2D eigenvalue weighted by atomic mass is 35.5. The van der Waals surface area contributed by atoms with Gasteiger partial charge in [-0.05, 0) is 42.0 Å². The number of methoxy groups -OCH3 is 1. The Morgan fingerprint density at radius 2 is 1.70 bits per heavy atom. The van der Waals surface area contributed by atoms with Crippen LogP contribution >= 0.6 is 23.2 Å². The van der Waals surface area contributed by atoms with E-state index in [2.05, 4.69) is 5.32 Å². The highest BCUT2D eigenvalue weighted by molar-refractivity contribution is 6.33. The van der Waals surface area contributed by atoms with Crippen LogP contribution in [0.5, 0.6) is 11.5 Å². The molecule has 0 atom stereocenters. The predicted molar refractivity (Wildman–Crippen MR) is 108 cm³/mol. The van der Waals surface area contributed by atoms with Crippen LogP contribution in [0.1, 0.15) is 15.9 Å². The van der Waals surface area contributed by atoms with Crippen molar-refractivity contribution in [2.24, 2.45) is 0 Å². The van der Waals surface area contributed by atoms with E-state index in [4.69, 9.17) is 32.7 Å². The van der Waals surface area contributed by atoms with Gasteiger partial charge in [0.2, 0.25) is 0 Å². The van der Waals surface area contributed by atoms with Gasteiger partial charge in [0.15, 0.2) is 11.5 Å². The molecule has 0 saturated heterocycles. The van der Waals surface area contributed by atoms with Crippen molar-refractivity contribution < 1.29 is 14.3 Å². The highest BCUT2D eigenvalue weighted by Gasteiger charge is 2.16. The van der Waals surface area contributed by atoms with Crippen molar-refractivity contribution in [1.82, 2.24) is 0 Å². The summed E-state index contributed by atoms with van der Waals surface area (Å²) >= 11 is 12.1. The van der Waals surface area contributed by atoms with Crippen molar-refractivity contribution in [3.8, 4) is 11.5 Å². The first-order valence-corrected chi connectivity index (χ1v) is 8.93. The maximum Gasteiger partial charge on any atom is 0.255 e. The van der Waals surface area contributed by atoms with Crippen molar-refractivity contribution in [2.75, 3.05) is 12.4 Å². The molecule has 0 saturated carbocycles. The Morgan fingerprint density at radius 3 is 2.37 bits per heavy atom. The molecule has 0 heterocycles. The van der Waals surface area contributed by atoms with E-state index in [1.165, 1.54) is 7.11 Å². The van der Waals surface area contributed by atoms with Gasteiger partial charge in [0, 0.05) is 16.3 Å². The molecule has 0 fully saturated rings. The Kier molecular flexibility index (Phi) is 6.22. The van der Waals surface area contributed by atoms with Crippen LogP contribution in [-0.2, 0) is 6.61 Å². The van der Waals surface area contributed by atoms with Crippen LogP contribution in [0.25, 0.3) is 0 Å². The number of benzene rings is 3. The Labute approximate surface area is 167 Å². The number of hydrogen-bond donors (Lipinski definition) is 1. The van der Waals surface area contributed by atoms with Crippen LogP contribution in [0.15, 0.2) is 66.7 Å². The zero-order valence-corrected chi connectivity index (χ0v) is 16.1. The van der Waals surface area contributed by atoms with Gasteiger partial charge in [0.05, 0.1) is 12.1 Å². The third-order valence-corrected chi connectivity index (χ3v) is 4.35. The lowest BCUT2D eigenvalue weighted by Gasteiger charge is -2.14. The fraction of sp³-hybridized carbons (Fsp3) is 0.0952. The molecular formula is C21H17Cl2NO3. The van der Waals surface area contributed by atoms with E-state index in [0.29, 0.717) is 39.4 Å². The topological polar surface area (TPSA) is 47.6 Å². The molecule has 0 aromatic heterocycles.